The molecule has 0 unspecified atom stereocenters. The van der Waals surface area contributed by atoms with E-state index < -0.39 is 4.92 Å². The molecule has 128 valence electrons. The van der Waals surface area contributed by atoms with Crippen molar-refractivity contribution in [3.8, 4) is 22.8 Å². The SMILES string of the molecule is O=[N+]([O-])c1ccccc1Oc1ncnc2scc(-c3ccc(F)cc3)c12. The molecule has 2 heterocycles. The lowest BCUT2D eigenvalue weighted by molar-refractivity contribution is -0.385. The molecule has 6 nitrogen and oxygen atoms in total. The van der Waals surface area contributed by atoms with E-state index in [2.05, 4.69) is 9.97 Å². The number of fused-ring (bicyclic) bond motifs is 1. The first-order valence-corrected chi connectivity index (χ1v) is 8.41. The van der Waals surface area contributed by atoms with E-state index in [1.807, 2.05) is 5.38 Å². The van der Waals surface area contributed by atoms with Crippen LogP contribution in [0.1, 0.15) is 0 Å². The lowest BCUT2D eigenvalue weighted by Crippen LogP contribution is -1.95. The van der Waals surface area contributed by atoms with Crippen molar-refractivity contribution in [1.29, 1.82) is 0 Å². The number of nitro benzene ring substituents is 1. The topological polar surface area (TPSA) is 78.2 Å². The molecular weight excluding hydrogens is 357 g/mol. The second-order valence-electron chi connectivity index (χ2n) is 5.34. The average molecular weight is 367 g/mol. The molecule has 0 radical (unpaired) electrons. The van der Waals surface area contributed by atoms with Gasteiger partial charge in [-0.2, -0.15) is 0 Å². The van der Waals surface area contributed by atoms with Gasteiger partial charge in [-0.3, -0.25) is 10.1 Å². The van der Waals surface area contributed by atoms with Crippen molar-refractivity contribution in [1.82, 2.24) is 9.97 Å². The highest BCUT2D eigenvalue weighted by Gasteiger charge is 2.19. The molecule has 0 aliphatic carbocycles. The van der Waals surface area contributed by atoms with Crippen LogP contribution in [0.5, 0.6) is 11.6 Å². The van der Waals surface area contributed by atoms with E-state index in [1.54, 1.807) is 24.3 Å². The van der Waals surface area contributed by atoms with Crippen LogP contribution in [0.25, 0.3) is 21.3 Å². The summed E-state index contributed by atoms with van der Waals surface area (Å²) in [5, 5.41) is 13.7. The third-order valence-corrected chi connectivity index (χ3v) is 4.65. The van der Waals surface area contributed by atoms with E-state index in [9.17, 15) is 14.5 Å². The van der Waals surface area contributed by atoms with Crippen molar-refractivity contribution >= 4 is 27.2 Å². The van der Waals surface area contributed by atoms with Crippen molar-refractivity contribution in [3.05, 3.63) is 76.2 Å². The van der Waals surface area contributed by atoms with Gasteiger partial charge < -0.3 is 4.74 Å². The van der Waals surface area contributed by atoms with Gasteiger partial charge in [0.15, 0.2) is 0 Å². The zero-order valence-electron chi connectivity index (χ0n) is 13.1. The molecule has 0 saturated carbocycles. The van der Waals surface area contributed by atoms with Gasteiger partial charge in [-0.1, -0.05) is 24.3 Å². The quantitative estimate of drug-likeness (QED) is 0.366. The molecule has 4 rings (SSSR count). The molecule has 8 heteroatoms. The van der Waals surface area contributed by atoms with Gasteiger partial charge >= 0.3 is 5.69 Å². The van der Waals surface area contributed by atoms with Gasteiger partial charge in [0.2, 0.25) is 11.6 Å². The second kappa shape index (κ2) is 6.49. The molecular formula is C18H10FN3O3S. The Kier molecular flexibility index (Phi) is 4.02. The number of halogens is 1. The van der Waals surface area contributed by atoms with Crippen molar-refractivity contribution in [2.45, 2.75) is 0 Å². The van der Waals surface area contributed by atoms with E-state index in [0.717, 1.165) is 11.1 Å². The van der Waals surface area contributed by atoms with Crippen molar-refractivity contribution in [2.75, 3.05) is 0 Å². The van der Waals surface area contributed by atoms with Crippen LogP contribution in [0, 0.1) is 15.9 Å². The minimum Gasteiger partial charge on any atom is -0.431 e. The van der Waals surface area contributed by atoms with Crippen LogP contribution < -0.4 is 4.74 Å². The number of ether oxygens (including phenoxy) is 1. The molecule has 0 aliphatic heterocycles. The summed E-state index contributed by atoms with van der Waals surface area (Å²) in [6.07, 6.45) is 1.34. The number of nitro groups is 1. The van der Waals surface area contributed by atoms with Gasteiger partial charge in [-0.15, -0.1) is 11.3 Å². The predicted molar refractivity (Wildman–Crippen MR) is 96.0 cm³/mol. The Hall–Kier alpha value is -3.39. The zero-order chi connectivity index (χ0) is 18.1. The lowest BCUT2D eigenvalue weighted by atomic mass is 10.1. The number of thiophene rings is 1. The van der Waals surface area contributed by atoms with Crippen LogP contribution in [0.2, 0.25) is 0 Å². The number of benzene rings is 2. The molecule has 0 amide bonds. The van der Waals surface area contributed by atoms with Gasteiger partial charge in [0, 0.05) is 17.0 Å². The molecule has 0 fully saturated rings. The third kappa shape index (κ3) is 2.86. The predicted octanol–water partition coefficient (Wildman–Crippen LogP) is 5.20. The summed E-state index contributed by atoms with van der Waals surface area (Å²) in [4.78, 5) is 19.7. The largest absolute Gasteiger partial charge is 0.431 e. The van der Waals surface area contributed by atoms with Crippen LogP contribution in [0.15, 0.2) is 60.2 Å². The van der Waals surface area contributed by atoms with Gasteiger partial charge in [0.25, 0.3) is 0 Å². The third-order valence-electron chi connectivity index (χ3n) is 3.76. The van der Waals surface area contributed by atoms with Crippen LogP contribution in [-0.2, 0) is 0 Å². The van der Waals surface area contributed by atoms with E-state index in [0.29, 0.717) is 10.2 Å². The van der Waals surface area contributed by atoms with Crippen LogP contribution in [0.4, 0.5) is 10.1 Å². The highest BCUT2D eigenvalue weighted by molar-refractivity contribution is 7.17. The standard InChI is InChI=1S/C18H10FN3O3S/c19-12-7-5-11(6-8-12)13-9-26-18-16(13)17(20-10-21-18)25-15-4-2-1-3-14(15)22(23)24/h1-10H. The fourth-order valence-electron chi connectivity index (χ4n) is 2.57. The first kappa shape index (κ1) is 16.1. The fraction of sp³-hybridized carbons (Fsp3) is 0. The molecule has 26 heavy (non-hydrogen) atoms. The van der Waals surface area contributed by atoms with Crippen molar-refractivity contribution < 1.29 is 14.1 Å². The Morgan fingerprint density at radius 2 is 1.85 bits per heavy atom. The summed E-state index contributed by atoms with van der Waals surface area (Å²) < 4.78 is 19.0. The molecule has 0 spiro atoms. The maximum absolute atomic E-state index is 13.2. The Balaban J connectivity index is 1.85. The van der Waals surface area contributed by atoms with Crippen LogP contribution >= 0.6 is 11.3 Å². The van der Waals surface area contributed by atoms with Gasteiger partial charge in [0.1, 0.15) is 17.0 Å². The maximum atomic E-state index is 13.2. The second-order valence-corrected chi connectivity index (χ2v) is 6.20. The molecule has 0 bridgehead atoms. The Labute approximate surface area is 150 Å². The molecule has 2 aromatic heterocycles. The molecule has 0 saturated heterocycles. The highest BCUT2D eigenvalue weighted by atomic mass is 32.1. The van der Waals surface area contributed by atoms with Crippen molar-refractivity contribution in [3.63, 3.8) is 0 Å². The van der Waals surface area contributed by atoms with Gasteiger partial charge in [-0.05, 0) is 23.8 Å². The summed E-state index contributed by atoms with van der Waals surface area (Å²) in [5.74, 6) is -0.0282. The van der Waals surface area contributed by atoms with E-state index >= 15 is 0 Å². The summed E-state index contributed by atoms with van der Waals surface area (Å²) >= 11 is 1.39. The summed E-state index contributed by atoms with van der Waals surface area (Å²) in [5.41, 5.74) is 1.40. The van der Waals surface area contributed by atoms with E-state index in [1.165, 1.54) is 41.9 Å². The van der Waals surface area contributed by atoms with Crippen LogP contribution in [0.3, 0.4) is 0 Å². The molecule has 0 N–H and O–H groups in total. The minimum absolute atomic E-state index is 0.0914. The number of hydrogen-bond acceptors (Lipinski definition) is 6. The Morgan fingerprint density at radius 1 is 1.08 bits per heavy atom. The number of hydrogen-bond donors (Lipinski definition) is 0. The van der Waals surface area contributed by atoms with E-state index in [4.69, 9.17) is 4.74 Å². The lowest BCUT2D eigenvalue weighted by Gasteiger charge is -2.08. The summed E-state index contributed by atoms with van der Waals surface area (Å²) in [6, 6.07) is 12.1. The van der Waals surface area contributed by atoms with Crippen molar-refractivity contribution in [2.24, 2.45) is 0 Å². The molecule has 2 aromatic carbocycles. The molecule has 0 aliphatic rings. The monoisotopic (exact) mass is 367 g/mol. The smallest absolute Gasteiger partial charge is 0.311 e. The number of para-hydroxylation sites is 2. The fourth-order valence-corrected chi connectivity index (χ4v) is 3.47. The van der Waals surface area contributed by atoms with E-state index in [-0.39, 0.29) is 23.1 Å². The zero-order valence-corrected chi connectivity index (χ0v) is 13.9. The number of aromatic nitrogens is 2. The number of nitrogens with zero attached hydrogens (tertiary/aromatic N) is 3. The number of rotatable bonds is 4. The van der Waals surface area contributed by atoms with Gasteiger partial charge in [0.05, 0.1) is 10.3 Å². The first-order chi connectivity index (χ1) is 12.6. The minimum atomic E-state index is -0.512. The van der Waals surface area contributed by atoms with Crippen LogP contribution in [-0.4, -0.2) is 14.9 Å². The molecule has 0 atom stereocenters. The molecule has 4 aromatic rings. The average Bonchev–Trinajstić information content (AvgIpc) is 3.08. The first-order valence-electron chi connectivity index (χ1n) is 7.53. The Morgan fingerprint density at radius 3 is 2.62 bits per heavy atom. The normalized spacial score (nSPS) is 10.8. The summed E-state index contributed by atoms with van der Waals surface area (Å²) in [6.45, 7) is 0. The maximum Gasteiger partial charge on any atom is 0.311 e. The van der Waals surface area contributed by atoms with Gasteiger partial charge in [-0.25, -0.2) is 14.4 Å². The summed E-state index contributed by atoms with van der Waals surface area (Å²) in [7, 11) is 0. The Bertz CT molecular complexity index is 1110. The highest BCUT2D eigenvalue weighted by Crippen LogP contribution is 2.40.